The number of halogens is 1. The molecule has 0 radical (unpaired) electrons. The van der Waals surface area contributed by atoms with Crippen molar-refractivity contribution in [3.8, 4) is 0 Å². The second-order valence-corrected chi connectivity index (χ2v) is 7.91. The molecule has 1 aliphatic carbocycles. The van der Waals surface area contributed by atoms with E-state index in [1.165, 1.54) is 6.42 Å². The van der Waals surface area contributed by atoms with Gasteiger partial charge in [0.2, 0.25) is 0 Å². The van der Waals surface area contributed by atoms with E-state index in [0.717, 1.165) is 19.4 Å². The van der Waals surface area contributed by atoms with E-state index in [2.05, 4.69) is 25.8 Å². The SMILES string of the molecule is CC1(C)CC2CC(C)(CN2C(=O)c2ccncc2Cl)C1. The fourth-order valence-electron chi connectivity index (χ4n) is 4.40. The van der Waals surface area contributed by atoms with Crippen LogP contribution in [0.1, 0.15) is 50.4 Å². The summed E-state index contributed by atoms with van der Waals surface area (Å²) >= 11 is 6.12. The lowest BCUT2D eigenvalue weighted by atomic mass is 9.65. The van der Waals surface area contributed by atoms with Gasteiger partial charge in [0.05, 0.1) is 10.6 Å². The number of rotatable bonds is 1. The first kappa shape index (κ1) is 13.9. The minimum atomic E-state index is 0.0591. The maximum atomic E-state index is 12.8. The van der Waals surface area contributed by atoms with E-state index in [4.69, 9.17) is 11.6 Å². The van der Waals surface area contributed by atoms with Crippen molar-refractivity contribution in [3.63, 3.8) is 0 Å². The van der Waals surface area contributed by atoms with Gasteiger partial charge in [-0.3, -0.25) is 9.78 Å². The second kappa shape index (κ2) is 4.45. The Kier molecular flexibility index (Phi) is 3.09. The average Bonchev–Trinajstić information content (AvgIpc) is 2.58. The summed E-state index contributed by atoms with van der Waals surface area (Å²) in [6.45, 7) is 7.77. The van der Waals surface area contributed by atoms with Gasteiger partial charge in [0.1, 0.15) is 0 Å². The van der Waals surface area contributed by atoms with Gasteiger partial charge in [-0.1, -0.05) is 32.4 Å². The number of carbonyl (C=O) groups excluding carboxylic acids is 1. The van der Waals surface area contributed by atoms with E-state index in [-0.39, 0.29) is 11.3 Å². The Bertz CT molecular complexity index is 557. The number of carbonyl (C=O) groups is 1. The maximum absolute atomic E-state index is 12.8. The van der Waals surface area contributed by atoms with E-state index < -0.39 is 0 Å². The molecular weight excluding hydrogens is 272 g/mol. The van der Waals surface area contributed by atoms with Crippen LogP contribution < -0.4 is 0 Å². The molecule has 3 nitrogen and oxygen atoms in total. The van der Waals surface area contributed by atoms with E-state index >= 15 is 0 Å². The van der Waals surface area contributed by atoms with Gasteiger partial charge in [-0.25, -0.2) is 0 Å². The van der Waals surface area contributed by atoms with Crippen molar-refractivity contribution in [2.75, 3.05) is 6.54 Å². The summed E-state index contributed by atoms with van der Waals surface area (Å²) in [4.78, 5) is 18.8. The minimum absolute atomic E-state index is 0.0591. The van der Waals surface area contributed by atoms with Crippen molar-refractivity contribution in [2.24, 2.45) is 10.8 Å². The molecule has 20 heavy (non-hydrogen) atoms. The second-order valence-electron chi connectivity index (χ2n) is 7.50. The van der Waals surface area contributed by atoms with Gasteiger partial charge in [-0.15, -0.1) is 0 Å². The molecule has 2 fully saturated rings. The Hall–Kier alpha value is -1.09. The molecule has 2 heterocycles. The van der Waals surface area contributed by atoms with Crippen LogP contribution in [-0.2, 0) is 0 Å². The van der Waals surface area contributed by atoms with Gasteiger partial charge in [0.15, 0.2) is 0 Å². The lowest BCUT2D eigenvalue weighted by molar-refractivity contribution is 0.0708. The summed E-state index contributed by atoms with van der Waals surface area (Å²) < 4.78 is 0. The van der Waals surface area contributed by atoms with Crippen LogP contribution in [0.5, 0.6) is 0 Å². The predicted octanol–water partition coefficient (Wildman–Crippen LogP) is 3.78. The van der Waals surface area contributed by atoms with Crippen molar-refractivity contribution in [2.45, 2.75) is 46.1 Å². The molecule has 108 valence electrons. The van der Waals surface area contributed by atoms with E-state index in [1.54, 1.807) is 18.5 Å². The molecule has 0 N–H and O–H groups in total. The third-order valence-corrected chi connectivity index (χ3v) is 4.98. The molecule has 1 aromatic heterocycles. The van der Waals surface area contributed by atoms with Crippen molar-refractivity contribution < 1.29 is 4.79 Å². The summed E-state index contributed by atoms with van der Waals surface area (Å²) in [6.07, 6.45) is 6.56. The van der Waals surface area contributed by atoms with Gasteiger partial charge >= 0.3 is 0 Å². The zero-order valence-electron chi connectivity index (χ0n) is 12.3. The fraction of sp³-hybridized carbons (Fsp3) is 0.625. The van der Waals surface area contributed by atoms with Crippen molar-refractivity contribution in [3.05, 3.63) is 29.0 Å². The molecular formula is C16H21ClN2O. The van der Waals surface area contributed by atoms with Crippen molar-refractivity contribution in [1.82, 2.24) is 9.88 Å². The quantitative estimate of drug-likeness (QED) is 0.789. The normalized spacial score (nSPS) is 31.4. The average molecular weight is 293 g/mol. The molecule has 1 amide bonds. The first-order chi connectivity index (χ1) is 9.30. The third-order valence-electron chi connectivity index (χ3n) is 4.68. The number of likely N-dealkylation sites (tertiary alicyclic amines) is 1. The highest BCUT2D eigenvalue weighted by molar-refractivity contribution is 6.33. The van der Waals surface area contributed by atoms with Crippen LogP contribution >= 0.6 is 11.6 Å². The summed E-state index contributed by atoms with van der Waals surface area (Å²) in [5.74, 6) is 0.0591. The molecule has 3 rings (SSSR count). The molecule has 2 atom stereocenters. The number of hydrogen-bond acceptors (Lipinski definition) is 2. The number of fused-ring (bicyclic) bond motifs is 2. The molecule has 2 bridgehead atoms. The Balaban J connectivity index is 1.89. The molecule has 0 spiro atoms. The van der Waals surface area contributed by atoms with Crippen LogP contribution in [0.3, 0.4) is 0 Å². The molecule has 1 saturated carbocycles. The number of aromatic nitrogens is 1. The lowest BCUT2D eigenvalue weighted by Crippen LogP contribution is -2.37. The third kappa shape index (κ3) is 2.32. The maximum Gasteiger partial charge on any atom is 0.255 e. The Morgan fingerprint density at radius 1 is 1.40 bits per heavy atom. The van der Waals surface area contributed by atoms with Crippen LogP contribution in [0.25, 0.3) is 0 Å². The molecule has 4 heteroatoms. The predicted molar refractivity (Wildman–Crippen MR) is 79.8 cm³/mol. The molecule has 1 aromatic rings. The van der Waals surface area contributed by atoms with Crippen molar-refractivity contribution >= 4 is 17.5 Å². The highest BCUT2D eigenvalue weighted by Crippen LogP contribution is 2.52. The van der Waals surface area contributed by atoms with Crippen LogP contribution in [0.2, 0.25) is 5.02 Å². The Morgan fingerprint density at radius 3 is 2.85 bits per heavy atom. The zero-order chi connectivity index (χ0) is 14.5. The van der Waals surface area contributed by atoms with Gasteiger partial charge in [-0.2, -0.15) is 0 Å². The monoisotopic (exact) mass is 292 g/mol. The van der Waals surface area contributed by atoms with Gasteiger partial charge in [0, 0.05) is 25.0 Å². The molecule has 2 unspecified atom stereocenters. The first-order valence-electron chi connectivity index (χ1n) is 7.20. The summed E-state index contributed by atoms with van der Waals surface area (Å²) in [5, 5.41) is 0.448. The number of hydrogen-bond donors (Lipinski definition) is 0. The standard InChI is InChI=1S/C16H21ClN2O/c1-15(2)6-11-7-16(3,9-15)10-19(11)14(20)12-4-5-18-8-13(12)17/h4-5,8,11H,6-7,9-10H2,1-3H3. The Labute approximate surface area is 125 Å². The van der Waals surface area contributed by atoms with Crippen LogP contribution in [-0.4, -0.2) is 28.4 Å². The van der Waals surface area contributed by atoms with Crippen LogP contribution in [0.4, 0.5) is 0 Å². The van der Waals surface area contributed by atoms with Gasteiger partial charge in [0.25, 0.3) is 5.91 Å². The number of amides is 1. The van der Waals surface area contributed by atoms with Gasteiger partial charge < -0.3 is 4.90 Å². The number of nitrogens with zero attached hydrogens (tertiary/aromatic N) is 2. The highest BCUT2D eigenvalue weighted by Gasteiger charge is 2.51. The van der Waals surface area contributed by atoms with E-state index in [9.17, 15) is 4.79 Å². The molecule has 1 aliphatic heterocycles. The van der Waals surface area contributed by atoms with E-state index in [0.29, 0.717) is 22.0 Å². The summed E-state index contributed by atoms with van der Waals surface area (Å²) in [6, 6.07) is 2.07. The fourth-order valence-corrected chi connectivity index (χ4v) is 4.60. The molecule has 0 aromatic carbocycles. The highest BCUT2D eigenvalue weighted by atomic mass is 35.5. The number of pyridine rings is 1. The topological polar surface area (TPSA) is 33.2 Å². The van der Waals surface area contributed by atoms with Crippen LogP contribution in [0.15, 0.2) is 18.5 Å². The zero-order valence-corrected chi connectivity index (χ0v) is 13.1. The first-order valence-corrected chi connectivity index (χ1v) is 7.58. The molecule has 2 aliphatic rings. The summed E-state index contributed by atoms with van der Waals surface area (Å²) in [5.41, 5.74) is 1.15. The summed E-state index contributed by atoms with van der Waals surface area (Å²) in [7, 11) is 0. The van der Waals surface area contributed by atoms with Crippen molar-refractivity contribution in [1.29, 1.82) is 0 Å². The van der Waals surface area contributed by atoms with Gasteiger partial charge in [-0.05, 0) is 36.2 Å². The largest absolute Gasteiger partial charge is 0.335 e. The lowest BCUT2D eigenvalue weighted by Gasteiger charge is -2.39. The van der Waals surface area contributed by atoms with Crippen LogP contribution in [0, 0.1) is 10.8 Å². The van der Waals surface area contributed by atoms with E-state index in [1.807, 2.05) is 4.90 Å². The smallest absolute Gasteiger partial charge is 0.255 e. The Morgan fingerprint density at radius 2 is 2.15 bits per heavy atom. The minimum Gasteiger partial charge on any atom is -0.335 e. The molecule has 1 saturated heterocycles.